The van der Waals surface area contributed by atoms with Crippen LogP contribution >= 0.6 is 0 Å². The summed E-state index contributed by atoms with van der Waals surface area (Å²) in [4.78, 5) is 12.5. The van der Waals surface area contributed by atoms with Crippen molar-refractivity contribution in [3.05, 3.63) is 89.7 Å². The van der Waals surface area contributed by atoms with E-state index in [-0.39, 0.29) is 5.76 Å². The summed E-state index contributed by atoms with van der Waals surface area (Å²) in [5.74, 6) is 1.69. The second-order valence-electron chi connectivity index (χ2n) is 7.36. The highest BCUT2D eigenvalue weighted by atomic mass is 16.5. The second-order valence-corrected chi connectivity index (χ2v) is 7.36. The van der Waals surface area contributed by atoms with E-state index in [2.05, 4.69) is 10.5 Å². The summed E-state index contributed by atoms with van der Waals surface area (Å²) < 4.78 is 22.8. The van der Waals surface area contributed by atoms with Gasteiger partial charge in [-0.05, 0) is 67.4 Å². The molecule has 1 amide bonds. The lowest BCUT2D eigenvalue weighted by atomic mass is 10.2. The standard InChI is InChI=1S/C27H26N2O5/c1-3-31-22-11-13-23-21(15-22)16-26(34-23)27(30)29-28-17-20-10-12-24(25(14-20)32-4-2)33-18-19-8-6-5-7-9-19/h5-17H,3-4,18H2,1-2H3,(H,29,30)/b28-17+. The van der Waals surface area contributed by atoms with Crippen LogP contribution in [0.1, 0.15) is 35.5 Å². The minimum absolute atomic E-state index is 0.167. The Morgan fingerprint density at radius 1 is 0.912 bits per heavy atom. The Hall–Kier alpha value is -4.26. The molecule has 7 heteroatoms. The predicted molar refractivity (Wildman–Crippen MR) is 131 cm³/mol. The van der Waals surface area contributed by atoms with E-state index < -0.39 is 5.91 Å². The average Bonchev–Trinajstić information content (AvgIpc) is 3.28. The Bertz CT molecular complexity index is 1280. The van der Waals surface area contributed by atoms with E-state index >= 15 is 0 Å². The number of fused-ring (bicyclic) bond motifs is 1. The lowest BCUT2D eigenvalue weighted by Crippen LogP contribution is -2.16. The zero-order valence-electron chi connectivity index (χ0n) is 19.1. The van der Waals surface area contributed by atoms with Crippen molar-refractivity contribution in [3.63, 3.8) is 0 Å². The van der Waals surface area contributed by atoms with Crippen molar-refractivity contribution >= 4 is 23.1 Å². The Morgan fingerprint density at radius 2 is 1.74 bits per heavy atom. The molecule has 34 heavy (non-hydrogen) atoms. The van der Waals surface area contributed by atoms with E-state index in [1.165, 1.54) is 6.21 Å². The largest absolute Gasteiger partial charge is 0.494 e. The first-order valence-electron chi connectivity index (χ1n) is 11.1. The normalized spacial score (nSPS) is 11.0. The third-order valence-corrected chi connectivity index (χ3v) is 4.91. The van der Waals surface area contributed by atoms with Gasteiger partial charge in [0.25, 0.3) is 0 Å². The van der Waals surface area contributed by atoms with Gasteiger partial charge in [-0.15, -0.1) is 0 Å². The molecule has 4 rings (SSSR count). The van der Waals surface area contributed by atoms with Gasteiger partial charge in [0.1, 0.15) is 17.9 Å². The SMILES string of the molecule is CCOc1ccc2oc(C(=O)N/N=C/c3ccc(OCc4ccccc4)c(OCC)c3)cc2c1. The summed E-state index contributed by atoms with van der Waals surface area (Å²) >= 11 is 0. The van der Waals surface area contributed by atoms with Crippen LogP contribution in [0, 0.1) is 0 Å². The van der Waals surface area contributed by atoms with Gasteiger partial charge in [0.05, 0.1) is 19.4 Å². The van der Waals surface area contributed by atoms with Gasteiger partial charge in [-0.25, -0.2) is 5.43 Å². The van der Waals surface area contributed by atoms with Crippen molar-refractivity contribution in [1.29, 1.82) is 0 Å². The maximum Gasteiger partial charge on any atom is 0.307 e. The predicted octanol–water partition coefficient (Wildman–Crippen LogP) is 5.57. The zero-order valence-corrected chi connectivity index (χ0v) is 19.1. The molecule has 0 saturated heterocycles. The summed E-state index contributed by atoms with van der Waals surface area (Å²) in [6.07, 6.45) is 1.54. The molecule has 0 aliphatic carbocycles. The molecule has 0 aliphatic heterocycles. The maximum absolute atomic E-state index is 12.5. The van der Waals surface area contributed by atoms with Crippen LogP contribution < -0.4 is 19.6 Å². The molecule has 1 N–H and O–H groups in total. The molecule has 0 fully saturated rings. The molecule has 0 atom stereocenters. The molecule has 174 valence electrons. The van der Waals surface area contributed by atoms with Crippen molar-refractivity contribution in [1.82, 2.24) is 5.43 Å². The minimum Gasteiger partial charge on any atom is -0.494 e. The van der Waals surface area contributed by atoms with Crippen molar-refractivity contribution < 1.29 is 23.4 Å². The molecular weight excluding hydrogens is 432 g/mol. The molecule has 3 aromatic carbocycles. The molecule has 0 radical (unpaired) electrons. The third-order valence-electron chi connectivity index (χ3n) is 4.91. The summed E-state index contributed by atoms with van der Waals surface area (Å²) in [6, 6.07) is 22.5. The Morgan fingerprint density at radius 3 is 2.53 bits per heavy atom. The van der Waals surface area contributed by atoms with Gasteiger partial charge in [0.15, 0.2) is 17.3 Å². The van der Waals surface area contributed by atoms with Crippen LogP contribution in [0.5, 0.6) is 17.2 Å². The number of amides is 1. The topological polar surface area (TPSA) is 82.3 Å². The maximum atomic E-state index is 12.5. The second kappa shape index (κ2) is 11.0. The summed E-state index contributed by atoms with van der Waals surface area (Å²) in [5, 5.41) is 4.84. The Balaban J connectivity index is 1.41. The van der Waals surface area contributed by atoms with Crippen molar-refractivity contribution in [2.24, 2.45) is 5.10 Å². The minimum atomic E-state index is -0.446. The number of ether oxygens (including phenoxy) is 3. The number of furan rings is 1. The van der Waals surface area contributed by atoms with Crippen LogP contribution in [0.15, 0.2) is 82.3 Å². The van der Waals surface area contributed by atoms with Gasteiger partial charge >= 0.3 is 5.91 Å². The molecule has 0 bridgehead atoms. The highest BCUT2D eigenvalue weighted by Crippen LogP contribution is 2.29. The number of nitrogens with zero attached hydrogens (tertiary/aromatic N) is 1. The fourth-order valence-corrected chi connectivity index (χ4v) is 3.34. The first-order valence-corrected chi connectivity index (χ1v) is 11.1. The van der Waals surface area contributed by atoms with Crippen LogP contribution in [0.2, 0.25) is 0 Å². The number of nitrogens with one attached hydrogen (secondary N) is 1. The van der Waals surface area contributed by atoms with E-state index in [1.807, 2.05) is 68.4 Å². The summed E-state index contributed by atoms with van der Waals surface area (Å²) in [7, 11) is 0. The number of rotatable bonds is 10. The Kier molecular flexibility index (Phi) is 7.45. The van der Waals surface area contributed by atoms with Crippen molar-refractivity contribution in [3.8, 4) is 17.2 Å². The fraction of sp³-hybridized carbons (Fsp3) is 0.185. The average molecular weight is 459 g/mol. The monoisotopic (exact) mass is 458 g/mol. The van der Waals surface area contributed by atoms with Crippen LogP contribution in [0.4, 0.5) is 0 Å². The van der Waals surface area contributed by atoms with Crippen LogP contribution in [0.3, 0.4) is 0 Å². The summed E-state index contributed by atoms with van der Waals surface area (Å²) in [6.45, 7) is 5.33. The molecule has 7 nitrogen and oxygen atoms in total. The van der Waals surface area contributed by atoms with Gasteiger partial charge in [0.2, 0.25) is 0 Å². The first-order chi connectivity index (χ1) is 16.7. The first kappa shape index (κ1) is 22.9. The molecule has 0 saturated carbocycles. The van der Waals surface area contributed by atoms with Crippen LogP contribution in [0.25, 0.3) is 11.0 Å². The van der Waals surface area contributed by atoms with Gasteiger partial charge in [0, 0.05) is 5.39 Å². The van der Waals surface area contributed by atoms with Crippen molar-refractivity contribution in [2.45, 2.75) is 20.5 Å². The Labute approximate surface area is 197 Å². The van der Waals surface area contributed by atoms with Gasteiger partial charge < -0.3 is 18.6 Å². The number of hydrogen-bond donors (Lipinski definition) is 1. The molecule has 1 heterocycles. The van der Waals surface area contributed by atoms with Crippen LogP contribution in [-0.4, -0.2) is 25.3 Å². The van der Waals surface area contributed by atoms with Gasteiger partial charge in [-0.2, -0.15) is 5.10 Å². The van der Waals surface area contributed by atoms with Crippen LogP contribution in [-0.2, 0) is 6.61 Å². The molecule has 0 spiro atoms. The molecule has 1 aromatic heterocycles. The molecule has 0 aliphatic rings. The van der Waals surface area contributed by atoms with E-state index in [4.69, 9.17) is 18.6 Å². The molecular formula is C27H26N2O5. The smallest absolute Gasteiger partial charge is 0.307 e. The van der Waals surface area contributed by atoms with E-state index in [9.17, 15) is 4.79 Å². The lowest BCUT2D eigenvalue weighted by Gasteiger charge is -2.12. The van der Waals surface area contributed by atoms with Gasteiger partial charge in [-0.1, -0.05) is 30.3 Å². The molecule has 4 aromatic rings. The molecule has 0 unspecified atom stereocenters. The third kappa shape index (κ3) is 5.75. The van der Waals surface area contributed by atoms with E-state index in [0.717, 1.165) is 22.3 Å². The highest BCUT2D eigenvalue weighted by molar-refractivity contribution is 5.96. The summed E-state index contributed by atoms with van der Waals surface area (Å²) in [5.41, 5.74) is 4.92. The van der Waals surface area contributed by atoms with Crippen molar-refractivity contribution in [2.75, 3.05) is 13.2 Å². The zero-order chi connectivity index (χ0) is 23.8. The van der Waals surface area contributed by atoms with E-state index in [1.54, 1.807) is 18.2 Å². The number of benzene rings is 3. The fourth-order valence-electron chi connectivity index (χ4n) is 3.34. The lowest BCUT2D eigenvalue weighted by molar-refractivity contribution is 0.0929. The quantitative estimate of drug-likeness (QED) is 0.248. The van der Waals surface area contributed by atoms with Gasteiger partial charge in [-0.3, -0.25) is 4.79 Å². The number of hydrazone groups is 1. The highest BCUT2D eigenvalue weighted by Gasteiger charge is 2.12. The van der Waals surface area contributed by atoms with E-state index in [0.29, 0.717) is 36.9 Å². The number of carbonyl (C=O) groups is 1. The number of hydrogen-bond acceptors (Lipinski definition) is 6. The number of carbonyl (C=O) groups excluding carboxylic acids is 1.